The maximum Gasteiger partial charge on any atom is 0.116 e. The van der Waals surface area contributed by atoms with Gasteiger partial charge in [-0.25, -0.2) is 4.98 Å². The highest BCUT2D eigenvalue weighted by molar-refractivity contribution is 7.10. The minimum Gasteiger partial charge on any atom is -0.313 e. The highest BCUT2D eigenvalue weighted by Crippen LogP contribution is 2.14. The lowest BCUT2D eigenvalue weighted by molar-refractivity contribution is 0.569. The third-order valence-electron chi connectivity index (χ3n) is 2.32. The van der Waals surface area contributed by atoms with E-state index in [0.717, 1.165) is 30.2 Å². The highest BCUT2D eigenvalue weighted by atomic mass is 32.1. The third-order valence-corrected chi connectivity index (χ3v) is 3.23. The summed E-state index contributed by atoms with van der Waals surface area (Å²) in [5, 5.41) is 6.69. The molecule has 1 heterocycles. The first-order valence-electron chi connectivity index (χ1n) is 5.94. The molecule has 0 amide bonds. The Balaban J connectivity index is 2.50. The van der Waals surface area contributed by atoms with Gasteiger partial charge in [-0.3, -0.25) is 0 Å². The molecule has 0 saturated heterocycles. The predicted octanol–water partition coefficient (Wildman–Crippen LogP) is 3.49. The summed E-state index contributed by atoms with van der Waals surface area (Å²) < 4.78 is 0. The van der Waals surface area contributed by atoms with E-state index in [1.165, 1.54) is 5.57 Å². The Morgan fingerprint density at radius 2 is 2.31 bits per heavy atom. The van der Waals surface area contributed by atoms with Gasteiger partial charge in [-0.15, -0.1) is 11.3 Å². The lowest BCUT2D eigenvalue weighted by Crippen LogP contribution is -2.21. The van der Waals surface area contributed by atoms with Gasteiger partial charge in [-0.2, -0.15) is 0 Å². The number of rotatable bonds is 6. The van der Waals surface area contributed by atoms with Crippen LogP contribution in [0.2, 0.25) is 0 Å². The van der Waals surface area contributed by atoms with Crippen LogP contribution < -0.4 is 5.32 Å². The van der Waals surface area contributed by atoms with Crippen LogP contribution in [0.25, 0.3) is 6.08 Å². The van der Waals surface area contributed by atoms with Crippen LogP contribution in [0, 0.1) is 12.8 Å². The maximum absolute atomic E-state index is 4.46. The van der Waals surface area contributed by atoms with Crippen molar-refractivity contribution in [2.24, 2.45) is 5.92 Å². The molecular weight excluding hydrogens is 216 g/mol. The van der Waals surface area contributed by atoms with Crippen molar-refractivity contribution in [3.63, 3.8) is 0 Å². The van der Waals surface area contributed by atoms with Gasteiger partial charge in [0.15, 0.2) is 0 Å². The zero-order valence-corrected chi connectivity index (χ0v) is 11.5. The van der Waals surface area contributed by atoms with E-state index < -0.39 is 0 Å². The average molecular weight is 238 g/mol. The van der Waals surface area contributed by atoms with Gasteiger partial charge in [0, 0.05) is 17.6 Å². The van der Waals surface area contributed by atoms with Crippen LogP contribution in [-0.2, 0) is 0 Å². The second-order valence-electron chi connectivity index (χ2n) is 4.51. The Labute approximate surface area is 103 Å². The number of hydrogen-bond acceptors (Lipinski definition) is 3. The monoisotopic (exact) mass is 238 g/mol. The fraction of sp³-hybridized carbons (Fsp3) is 0.615. The quantitative estimate of drug-likeness (QED) is 0.820. The standard InChI is InChI=1S/C13H22N2S/c1-5-12(8-14-7-10(2)3)6-13-15-11(4)9-16-13/h6,9-10,14H,5,7-8H2,1-4H3. The molecule has 0 aliphatic heterocycles. The summed E-state index contributed by atoms with van der Waals surface area (Å²) in [6.07, 6.45) is 3.30. The number of aromatic nitrogens is 1. The van der Waals surface area contributed by atoms with Crippen molar-refractivity contribution in [3.05, 3.63) is 21.7 Å². The summed E-state index contributed by atoms with van der Waals surface area (Å²) in [6.45, 7) is 10.8. The van der Waals surface area contributed by atoms with Gasteiger partial charge in [0.25, 0.3) is 0 Å². The first-order chi connectivity index (χ1) is 7.61. The molecule has 0 spiro atoms. The van der Waals surface area contributed by atoms with E-state index in [-0.39, 0.29) is 0 Å². The van der Waals surface area contributed by atoms with E-state index in [9.17, 15) is 0 Å². The summed E-state index contributed by atoms with van der Waals surface area (Å²) >= 11 is 1.72. The van der Waals surface area contributed by atoms with Crippen molar-refractivity contribution in [1.82, 2.24) is 10.3 Å². The van der Waals surface area contributed by atoms with Gasteiger partial charge >= 0.3 is 0 Å². The summed E-state index contributed by atoms with van der Waals surface area (Å²) in [5.41, 5.74) is 2.54. The molecule has 90 valence electrons. The van der Waals surface area contributed by atoms with Crippen LogP contribution in [0.4, 0.5) is 0 Å². The largest absolute Gasteiger partial charge is 0.313 e. The van der Waals surface area contributed by atoms with E-state index in [1.54, 1.807) is 11.3 Å². The number of aryl methyl sites for hydroxylation is 1. The molecule has 1 N–H and O–H groups in total. The van der Waals surface area contributed by atoms with Gasteiger partial charge in [-0.1, -0.05) is 26.3 Å². The van der Waals surface area contributed by atoms with Crippen molar-refractivity contribution in [2.45, 2.75) is 34.1 Å². The van der Waals surface area contributed by atoms with E-state index in [4.69, 9.17) is 0 Å². The molecule has 1 rings (SSSR count). The number of nitrogens with zero attached hydrogens (tertiary/aromatic N) is 1. The normalized spacial score (nSPS) is 12.4. The SMILES string of the molecule is CCC(=Cc1nc(C)cs1)CNCC(C)C. The summed E-state index contributed by atoms with van der Waals surface area (Å²) in [6, 6.07) is 0. The van der Waals surface area contributed by atoms with E-state index in [0.29, 0.717) is 5.92 Å². The van der Waals surface area contributed by atoms with E-state index in [2.05, 4.69) is 42.5 Å². The Morgan fingerprint density at radius 3 is 2.81 bits per heavy atom. The Morgan fingerprint density at radius 1 is 1.56 bits per heavy atom. The first kappa shape index (κ1) is 13.4. The minimum atomic E-state index is 0.709. The smallest absolute Gasteiger partial charge is 0.116 e. The van der Waals surface area contributed by atoms with Crippen molar-refractivity contribution in [1.29, 1.82) is 0 Å². The Bertz CT molecular complexity index is 339. The number of thiazole rings is 1. The second kappa shape index (κ2) is 6.81. The maximum atomic E-state index is 4.46. The van der Waals surface area contributed by atoms with Crippen molar-refractivity contribution >= 4 is 17.4 Å². The fourth-order valence-corrected chi connectivity index (χ4v) is 2.19. The molecule has 16 heavy (non-hydrogen) atoms. The molecule has 3 heteroatoms. The molecule has 2 nitrogen and oxygen atoms in total. The average Bonchev–Trinajstić information content (AvgIpc) is 2.62. The highest BCUT2D eigenvalue weighted by Gasteiger charge is 1.99. The molecule has 0 aliphatic rings. The summed E-state index contributed by atoms with van der Waals surface area (Å²) in [5.74, 6) is 0.709. The number of nitrogens with one attached hydrogen (secondary N) is 1. The molecule has 0 radical (unpaired) electrons. The molecule has 1 aromatic rings. The van der Waals surface area contributed by atoms with Crippen LogP contribution in [0.3, 0.4) is 0 Å². The van der Waals surface area contributed by atoms with Gasteiger partial charge in [0.05, 0.1) is 0 Å². The molecule has 0 aliphatic carbocycles. The van der Waals surface area contributed by atoms with Gasteiger partial charge < -0.3 is 5.32 Å². The fourth-order valence-electron chi connectivity index (χ4n) is 1.41. The van der Waals surface area contributed by atoms with Gasteiger partial charge in [0.2, 0.25) is 0 Å². The Hall–Kier alpha value is -0.670. The molecule has 0 aromatic carbocycles. The van der Waals surface area contributed by atoms with E-state index in [1.807, 2.05) is 6.92 Å². The molecule has 0 atom stereocenters. The number of hydrogen-bond donors (Lipinski definition) is 1. The molecule has 0 fully saturated rings. The zero-order valence-electron chi connectivity index (χ0n) is 10.7. The molecule has 1 aromatic heterocycles. The topological polar surface area (TPSA) is 24.9 Å². The van der Waals surface area contributed by atoms with Crippen molar-refractivity contribution in [2.75, 3.05) is 13.1 Å². The van der Waals surface area contributed by atoms with E-state index >= 15 is 0 Å². The van der Waals surface area contributed by atoms with Crippen molar-refractivity contribution in [3.8, 4) is 0 Å². The zero-order chi connectivity index (χ0) is 12.0. The first-order valence-corrected chi connectivity index (χ1v) is 6.82. The van der Waals surface area contributed by atoms with Gasteiger partial charge in [-0.05, 0) is 31.9 Å². The third kappa shape index (κ3) is 4.90. The molecule has 0 bridgehead atoms. The molecule has 0 saturated carbocycles. The van der Waals surface area contributed by atoms with Crippen LogP contribution >= 0.6 is 11.3 Å². The lowest BCUT2D eigenvalue weighted by Gasteiger charge is -2.08. The molecule has 0 unspecified atom stereocenters. The van der Waals surface area contributed by atoms with Crippen LogP contribution in [0.5, 0.6) is 0 Å². The second-order valence-corrected chi connectivity index (χ2v) is 5.40. The summed E-state index contributed by atoms with van der Waals surface area (Å²) in [7, 11) is 0. The van der Waals surface area contributed by atoms with Crippen molar-refractivity contribution < 1.29 is 0 Å². The molecular formula is C13H22N2S. The van der Waals surface area contributed by atoms with Gasteiger partial charge in [0.1, 0.15) is 5.01 Å². The van der Waals surface area contributed by atoms with Crippen LogP contribution in [0.15, 0.2) is 11.0 Å². The Kier molecular flexibility index (Phi) is 5.71. The summed E-state index contributed by atoms with van der Waals surface area (Å²) in [4.78, 5) is 4.46. The van der Waals surface area contributed by atoms with Crippen LogP contribution in [0.1, 0.15) is 37.9 Å². The lowest BCUT2D eigenvalue weighted by atomic mass is 10.1. The van der Waals surface area contributed by atoms with Crippen LogP contribution in [-0.4, -0.2) is 18.1 Å². The predicted molar refractivity (Wildman–Crippen MR) is 72.8 cm³/mol. The minimum absolute atomic E-state index is 0.709.